The molecule has 74 valence electrons. The van der Waals surface area contributed by atoms with Crippen molar-refractivity contribution in [1.82, 2.24) is 5.32 Å². The second-order valence-corrected chi connectivity index (χ2v) is 4.79. The van der Waals surface area contributed by atoms with Gasteiger partial charge in [0.15, 0.2) is 5.29 Å². The van der Waals surface area contributed by atoms with E-state index >= 15 is 0 Å². The van der Waals surface area contributed by atoms with Gasteiger partial charge in [0.1, 0.15) is 10.7 Å². The van der Waals surface area contributed by atoms with Crippen LogP contribution >= 0.6 is 39.1 Å². The van der Waals surface area contributed by atoms with Crippen molar-refractivity contribution >= 4 is 44.4 Å². The summed E-state index contributed by atoms with van der Waals surface area (Å²) in [5.41, 5.74) is 0.423. The Morgan fingerprint density at radius 3 is 2.93 bits per heavy atom. The van der Waals surface area contributed by atoms with Crippen LogP contribution < -0.4 is 5.32 Å². The van der Waals surface area contributed by atoms with Gasteiger partial charge in [0.2, 0.25) is 0 Å². The third kappa shape index (κ3) is 1.44. The van der Waals surface area contributed by atoms with Crippen LogP contribution in [-0.2, 0) is 0 Å². The number of amidine groups is 1. The predicted octanol–water partition coefficient (Wildman–Crippen LogP) is 3.24. The Bertz CT molecular complexity index is 409. The SMILES string of the molecule is CC12N=C(Cl)NC(Cl)=C1C=CC=C2Br. The molecule has 5 heteroatoms. The molecule has 0 amide bonds. The maximum absolute atomic E-state index is 6.04. The number of nitrogens with one attached hydrogen (secondary N) is 1. The van der Waals surface area contributed by atoms with Crippen LogP contribution in [0.15, 0.2) is 38.4 Å². The topological polar surface area (TPSA) is 24.4 Å². The minimum Gasteiger partial charge on any atom is -0.321 e. The van der Waals surface area contributed by atoms with Crippen LogP contribution in [0.5, 0.6) is 0 Å². The highest BCUT2D eigenvalue weighted by atomic mass is 79.9. The summed E-state index contributed by atoms with van der Waals surface area (Å²) in [6, 6.07) is 0. The molecule has 1 aliphatic carbocycles. The van der Waals surface area contributed by atoms with E-state index in [4.69, 9.17) is 23.2 Å². The van der Waals surface area contributed by atoms with Crippen molar-refractivity contribution in [3.63, 3.8) is 0 Å². The Kier molecular flexibility index (Phi) is 2.50. The number of hydrogen-bond acceptors (Lipinski definition) is 2. The number of nitrogens with zero attached hydrogens (tertiary/aromatic N) is 1. The molecule has 0 radical (unpaired) electrons. The number of hydrogen-bond donors (Lipinski definition) is 1. The lowest BCUT2D eigenvalue weighted by atomic mass is 9.88. The largest absolute Gasteiger partial charge is 0.321 e. The highest BCUT2D eigenvalue weighted by Crippen LogP contribution is 2.41. The van der Waals surface area contributed by atoms with Crippen molar-refractivity contribution in [2.24, 2.45) is 4.99 Å². The smallest absolute Gasteiger partial charge is 0.197 e. The first-order chi connectivity index (χ1) is 6.54. The van der Waals surface area contributed by atoms with E-state index in [0.717, 1.165) is 10.1 Å². The summed E-state index contributed by atoms with van der Waals surface area (Å²) in [7, 11) is 0. The molecule has 1 aliphatic heterocycles. The van der Waals surface area contributed by atoms with Crippen LogP contribution in [0.4, 0.5) is 0 Å². The van der Waals surface area contributed by atoms with Crippen LogP contribution in [0.1, 0.15) is 6.92 Å². The molecule has 0 aromatic rings. The molecule has 0 bridgehead atoms. The Hall–Kier alpha value is -0.250. The third-order valence-corrected chi connectivity index (χ3v) is 3.78. The molecule has 1 heterocycles. The zero-order chi connectivity index (χ0) is 10.3. The van der Waals surface area contributed by atoms with Gasteiger partial charge in [-0.15, -0.1) is 0 Å². The van der Waals surface area contributed by atoms with Crippen molar-refractivity contribution in [3.8, 4) is 0 Å². The summed E-state index contributed by atoms with van der Waals surface area (Å²) >= 11 is 15.3. The third-order valence-electron chi connectivity index (χ3n) is 2.27. The first kappa shape index (κ1) is 10.3. The van der Waals surface area contributed by atoms with Crippen molar-refractivity contribution < 1.29 is 0 Å². The summed E-state index contributed by atoms with van der Waals surface area (Å²) in [6.45, 7) is 1.96. The maximum Gasteiger partial charge on any atom is 0.197 e. The fourth-order valence-corrected chi connectivity index (χ4v) is 2.57. The summed E-state index contributed by atoms with van der Waals surface area (Å²) in [4.78, 5) is 4.33. The molecule has 1 N–H and O–H groups in total. The molecule has 0 spiro atoms. The highest BCUT2D eigenvalue weighted by Gasteiger charge is 2.37. The van der Waals surface area contributed by atoms with Crippen LogP contribution in [0.25, 0.3) is 0 Å². The lowest BCUT2D eigenvalue weighted by molar-refractivity contribution is 0.671. The van der Waals surface area contributed by atoms with Gasteiger partial charge < -0.3 is 5.32 Å². The van der Waals surface area contributed by atoms with E-state index in [0.29, 0.717) is 10.5 Å². The van der Waals surface area contributed by atoms with Gasteiger partial charge in [-0.2, -0.15) is 0 Å². The van der Waals surface area contributed by atoms with E-state index in [9.17, 15) is 0 Å². The Morgan fingerprint density at radius 2 is 2.21 bits per heavy atom. The Morgan fingerprint density at radius 1 is 1.50 bits per heavy atom. The summed E-state index contributed by atoms with van der Waals surface area (Å²) in [5, 5.41) is 3.61. The molecular weight excluding hydrogens is 287 g/mol. The van der Waals surface area contributed by atoms with Crippen molar-refractivity contribution in [2.45, 2.75) is 12.5 Å². The van der Waals surface area contributed by atoms with Gasteiger partial charge >= 0.3 is 0 Å². The second kappa shape index (κ2) is 3.40. The fourth-order valence-electron chi connectivity index (χ4n) is 1.46. The zero-order valence-corrected chi connectivity index (χ0v) is 10.4. The van der Waals surface area contributed by atoms with Crippen molar-refractivity contribution in [3.05, 3.63) is 33.4 Å². The van der Waals surface area contributed by atoms with E-state index in [1.165, 1.54) is 0 Å². The molecule has 0 aromatic carbocycles. The van der Waals surface area contributed by atoms with Crippen LogP contribution in [-0.4, -0.2) is 10.8 Å². The number of rotatable bonds is 0. The first-order valence-electron chi connectivity index (χ1n) is 4.01. The van der Waals surface area contributed by atoms with Gasteiger partial charge in [-0.1, -0.05) is 39.7 Å². The molecule has 1 unspecified atom stereocenters. The molecule has 1 atom stereocenters. The van der Waals surface area contributed by atoms with Crippen LogP contribution in [0.3, 0.4) is 0 Å². The van der Waals surface area contributed by atoms with E-state index in [-0.39, 0.29) is 0 Å². The molecule has 0 fully saturated rings. The predicted molar refractivity (Wildman–Crippen MR) is 63.9 cm³/mol. The van der Waals surface area contributed by atoms with Gasteiger partial charge in [0, 0.05) is 10.1 Å². The number of allylic oxidation sites excluding steroid dienone is 2. The maximum atomic E-state index is 6.04. The van der Waals surface area contributed by atoms with E-state index in [1.54, 1.807) is 0 Å². The molecule has 14 heavy (non-hydrogen) atoms. The van der Waals surface area contributed by atoms with Crippen molar-refractivity contribution in [2.75, 3.05) is 0 Å². The van der Waals surface area contributed by atoms with Crippen molar-refractivity contribution in [1.29, 1.82) is 0 Å². The molecular formula is C9H7BrCl2N2. The summed E-state index contributed by atoms with van der Waals surface area (Å²) < 4.78 is 0.945. The molecule has 2 aliphatic rings. The van der Waals surface area contributed by atoms with Crippen LogP contribution in [0.2, 0.25) is 0 Å². The van der Waals surface area contributed by atoms with Gasteiger partial charge in [-0.05, 0) is 24.6 Å². The highest BCUT2D eigenvalue weighted by molar-refractivity contribution is 9.11. The summed E-state index contributed by atoms with van der Waals surface area (Å²) in [6.07, 6.45) is 5.78. The zero-order valence-electron chi connectivity index (χ0n) is 7.31. The van der Waals surface area contributed by atoms with E-state index in [2.05, 4.69) is 26.2 Å². The molecule has 0 aromatic heterocycles. The lowest BCUT2D eigenvalue weighted by Gasteiger charge is -2.33. The lowest BCUT2D eigenvalue weighted by Crippen LogP contribution is -2.36. The minimum atomic E-state index is -0.492. The molecule has 2 rings (SSSR count). The number of halogens is 3. The average Bonchev–Trinajstić information content (AvgIpc) is 2.07. The first-order valence-corrected chi connectivity index (χ1v) is 5.56. The minimum absolute atomic E-state index is 0.307. The summed E-state index contributed by atoms with van der Waals surface area (Å²) in [5.74, 6) is 0. The Labute approximate surface area is 100 Å². The number of aliphatic imine (C=N–C) groups is 1. The quantitative estimate of drug-likeness (QED) is 0.681. The number of fused-ring (bicyclic) bond motifs is 1. The fraction of sp³-hybridized carbons (Fsp3) is 0.222. The van der Waals surface area contributed by atoms with Gasteiger partial charge in [-0.3, -0.25) is 0 Å². The second-order valence-electron chi connectivity index (χ2n) is 3.20. The average molecular weight is 294 g/mol. The van der Waals surface area contributed by atoms with E-state index < -0.39 is 5.54 Å². The Balaban J connectivity index is 2.60. The monoisotopic (exact) mass is 292 g/mol. The molecule has 2 nitrogen and oxygen atoms in total. The van der Waals surface area contributed by atoms with Crippen LogP contribution in [0, 0.1) is 0 Å². The normalized spacial score (nSPS) is 30.6. The van der Waals surface area contributed by atoms with E-state index in [1.807, 2.05) is 25.2 Å². The van der Waals surface area contributed by atoms with Gasteiger partial charge in [0.05, 0.1) is 0 Å². The molecule has 0 saturated heterocycles. The molecule has 0 saturated carbocycles. The van der Waals surface area contributed by atoms with Gasteiger partial charge in [0.25, 0.3) is 0 Å². The standard InChI is InChI=1S/C9H7BrCl2N2/c1-9-5(3-2-4-6(9)10)7(11)13-8(12)14-9/h2-4H,1H3,(H,13,14). The van der Waals surface area contributed by atoms with Gasteiger partial charge in [-0.25, -0.2) is 4.99 Å².